The van der Waals surface area contributed by atoms with Crippen molar-refractivity contribution in [1.82, 2.24) is 4.90 Å². The Bertz CT molecular complexity index is 408. The summed E-state index contributed by atoms with van der Waals surface area (Å²) in [4.78, 5) is 14.2. The Balaban J connectivity index is 2.65. The number of ether oxygens (including phenoxy) is 1. The molecule has 1 aromatic rings. The molecular weight excluding hydrogens is 256 g/mol. The fourth-order valence-corrected chi connectivity index (χ4v) is 2.15. The van der Waals surface area contributed by atoms with Crippen LogP contribution in [-0.2, 0) is 4.79 Å². The van der Waals surface area contributed by atoms with E-state index in [1.54, 1.807) is 24.3 Å². The summed E-state index contributed by atoms with van der Waals surface area (Å²) in [6, 6.07) is 6.95. The molecule has 0 radical (unpaired) electrons. The lowest BCUT2D eigenvalue weighted by Crippen LogP contribution is -2.43. The predicted molar refractivity (Wildman–Crippen MR) is 80.0 cm³/mol. The molecule has 20 heavy (non-hydrogen) atoms. The number of anilines is 1. The molecule has 0 saturated heterocycles. The van der Waals surface area contributed by atoms with Gasteiger partial charge in [0.1, 0.15) is 12.4 Å². The highest BCUT2D eigenvalue weighted by molar-refractivity contribution is 5.95. The third-order valence-electron chi connectivity index (χ3n) is 2.94. The summed E-state index contributed by atoms with van der Waals surface area (Å²) < 4.78 is 5.27. The molecule has 112 valence electrons. The van der Waals surface area contributed by atoms with Crippen molar-refractivity contribution in [2.24, 2.45) is 5.92 Å². The van der Waals surface area contributed by atoms with Gasteiger partial charge in [-0.05, 0) is 44.3 Å². The molecule has 5 nitrogen and oxygen atoms in total. The summed E-state index contributed by atoms with van der Waals surface area (Å²) in [6.45, 7) is 4.30. The van der Waals surface area contributed by atoms with E-state index in [0.29, 0.717) is 5.75 Å². The van der Waals surface area contributed by atoms with Crippen LogP contribution >= 0.6 is 0 Å². The average molecular weight is 280 g/mol. The van der Waals surface area contributed by atoms with Crippen molar-refractivity contribution in [3.63, 3.8) is 0 Å². The number of carbonyl (C=O) groups is 1. The summed E-state index contributed by atoms with van der Waals surface area (Å²) in [7, 11) is 3.80. The molecule has 1 atom stereocenters. The number of likely N-dealkylation sites (N-methyl/N-ethyl adjacent to an activating group) is 1. The number of aliphatic hydroxyl groups excluding tert-OH is 1. The summed E-state index contributed by atoms with van der Waals surface area (Å²) in [5.41, 5.74) is 0.735. The molecular formula is C15H24N2O3. The third-order valence-corrected chi connectivity index (χ3v) is 2.94. The maximum atomic E-state index is 12.2. The first-order valence-electron chi connectivity index (χ1n) is 6.76. The van der Waals surface area contributed by atoms with Gasteiger partial charge >= 0.3 is 0 Å². The van der Waals surface area contributed by atoms with E-state index in [1.807, 2.05) is 32.8 Å². The molecule has 0 aromatic heterocycles. The maximum Gasteiger partial charge on any atom is 0.241 e. The monoisotopic (exact) mass is 280 g/mol. The van der Waals surface area contributed by atoms with Gasteiger partial charge in [0.2, 0.25) is 5.91 Å². The van der Waals surface area contributed by atoms with Crippen molar-refractivity contribution in [2.75, 3.05) is 32.6 Å². The first kappa shape index (κ1) is 16.5. The molecule has 0 saturated carbocycles. The van der Waals surface area contributed by atoms with Crippen LogP contribution in [0.15, 0.2) is 24.3 Å². The minimum absolute atomic E-state index is 0.0165. The summed E-state index contributed by atoms with van der Waals surface area (Å²) in [5, 5.41) is 11.6. The molecule has 0 spiro atoms. The Kier molecular flexibility index (Phi) is 6.48. The van der Waals surface area contributed by atoms with E-state index in [4.69, 9.17) is 9.84 Å². The molecule has 1 rings (SSSR count). The zero-order valence-electron chi connectivity index (χ0n) is 12.6. The molecule has 5 heteroatoms. The minimum Gasteiger partial charge on any atom is -0.491 e. The highest BCUT2D eigenvalue weighted by Gasteiger charge is 2.24. The fourth-order valence-electron chi connectivity index (χ4n) is 2.15. The van der Waals surface area contributed by atoms with Crippen molar-refractivity contribution in [3.05, 3.63) is 24.3 Å². The highest BCUT2D eigenvalue weighted by Crippen LogP contribution is 2.17. The van der Waals surface area contributed by atoms with E-state index in [0.717, 1.165) is 5.69 Å². The van der Waals surface area contributed by atoms with Gasteiger partial charge in [-0.25, -0.2) is 0 Å². The molecule has 1 amide bonds. The van der Waals surface area contributed by atoms with E-state index in [1.165, 1.54) is 0 Å². The Morgan fingerprint density at radius 3 is 2.35 bits per heavy atom. The maximum absolute atomic E-state index is 12.2. The molecule has 0 bridgehead atoms. The third kappa shape index (κ3) is 4.83. The summed E-state index contributed by atoms with van der Waals surface area (Å²) in [6.07, 6.45) is 0. The van der Waals surface area contributed by atoms with Gasteiger partial charge in [0.05, 0.1) is 12.6 Å². The number of nitrogens with zero attached hydrogens (tertiary/aromatic N) is 1. The molecule has 0 fully saturated rings. The molecule has 1 unspecified atom stereocenters. The number of benzene rings is 1. The number of amides is 1. The second kappa shape index (κ2) is 7.87. The van der Waals surface area contributed by atoms with Gasteiger partial charge in [0, 0.05) is 5.69 Å². The Hall–Kier alpha value is -1.59. The number of hydrogen-bond donors (Lipinski definition) is 2. The van der Waals surface area contributed by atoms with E-state index in [2.05, 4.69) is 5.32 Å². The smallest absolute Gasteiger partial charge is 0.241 e. The Labute approximate surface area is 120 Å². The highest BCUT2D eigenvalue weighted by atomic mass is 16.5. The first-order chi connectivity index (χ1) is 9.45. The van der Waals surface area contributed by atoms with Crippen LogP contribution < -0.4 is 10.1 Å². The lowest BCUT2D eigenvalue weighted by Gasteiger charge is -2.26. The Morgan fingerprint density at radius 2 is 1.90 bits per heavy atom. The van der Waals surface area contributed by atoms with E-state index < -0.39 is 0 Å². The normalized spacial score (nSPS) is 12.6. The standard InChI is InChI=1S/C15H24N2O3/c1-11(2)14(17(3)4)15(19)16-12-5-7-13(8-6-12)20-10-9-18/h5-8,11,14,18H,9-10H2,1-4H3,(H,16,19). The van der Waals surface area contributed by atoms with Crippen molar-refractivity contribution in [1.29, 1.82) is 0 Å². The van der Waals surface area contributed by atoms with Crippen LogP contribution in [0.4, 0.5) is 5.69 Å². The van der Waals surface area contributed by atoms with E-state index in [-0.39, 0.29) is 31.1 Å². The van der Waals surface area contributed by atoms with Crippen LogP contribution in [0.5, 0.6) is 5.75 Å². The largest absolute Gasteiger partial charge is 0.491 e. The topological polar surface area (TPSA) is 61.8 Å². The number of aliphatic hydroxyl groups is 1. The predicted octanol–water partition coefficient (Wildman–Crippen LogP) is 1.58. The fraction of sp³-hybridized carbons (Fsp3) is 0.533. The van der Waals surface area contributed by atoms with Crippen molar-refractivity contribution < 1.29 is 14.6 Å². The van der Waals surface area contributed by atoms with Crippen LogP contribution in [-0.4, -0.2) is 49.3 Å². The lowest BCUT2D eigenvalue weighted by molar-refractivity contribution is -0.121. The van der Waals surface area contributed by atoms with Crippen molar-refractivity contribution in [2.45, 2.75) is 19.9 Å². The molecule has 0 heterocycles. The first-order valence-corrected chi connectivity index (χ1v) is 6.76. The lowest BCUT2D eigenvalue weighted by atomic mass is 10.0. The van der Waals surface area contributed by atoms with Gasteiger partial charge in [0.25, 0.3) is 0 Å². The van der Waals surface area contributed by atoms with Crippen LogP contribution in [0, 0.1) is 5.92 Å². The zero-order valence-corrected chi connectivity index (χ0v) is 12.6. The molecule has 0 aliphatic carbocycles. The van der Waals surface area contributed by atoms with Crippen LogP contribution in [0.1, 0.15) is 13.8 Å². The minimum atomic E-state index is -0.166. The summed E-state index contributed by atoms with van der Waals surface area (Å²) >= 11 is 0. The van der Waals surface area contributed by atoms with Gasteiger partial charge in [-0.3, -0.25) is 9.69 Å². The van der Waals surface area contributed by atoms with Gasteiger partial charge < -0.3 is 15.2 Å². The second-order valence-corrected chi connectivity index (χ2v) is 5.24. The van der Waals surface area contributed by atoms with Gasteiger partial charge in [-0.15, -0.1) is 0 Å². The zero-order chi connectivity index (χ0) is 15.1. The SMILES string of the molecule is CC(C)C(C(=O)Nc1ccc(OCCO)cc1)N(C)C. The number of carbonyl (C=O) groups excluding carboxylic acids is 1. The van der Waals surface area contributed by atoms with Crippen molar-refractivity contribution >= 4 is 11.6 Å². The Morgan fingerprint density at radius 1 is 1.30 bits per heavy atom. The van der Waals surface area contributed by atoms with E-state index >= 15 is 0 Å². The quantitative estimate of drug-likeness (QED) is 0.796. The van der Waals surface area contributed by atoms with Gasteiger partial charge in [0.15, 0.2) is 0 Å². The molecule has 1 aromatic carbocycles. The molecule has 0 aliphatic heterocycles. The number of rotatable bonds is 7. The van der Waals surface area contributed by atoms with E-state index in [9.17, 15) is 4.79 Å². The van der Waals surface area contributed by atoms with Crippen molar-refractivity contribution in [3.8, 4) is 5.75 Å². The molecule has 0 aliphatic rings. The second-order valence-electron chi connectivity index (χ2n) is 5.24. The summed E-state index contributed by atoms with van der Waals surface area (Å²) in [5.74, 6) is 0.885. The number of nitrogens with one attached hydrogen (secondary N) is 1. The van der Waals surface area contributed by atoms with Crippen LogP contribution in [0.3, 0.4) is 0 Å². The van der Waals surface area contributed by atoms with Crippen LogP contribution in [0.25, 0.3) is 0 Å². The van der Waals surface area contributed by atoms with Gasteiger partial charge in [-0.1, -0.05) is 13.8 Å². The van der Waals surface area contributed by atoms with Crippen LogP contribution in [0.2, 0.25) is 0 Å². The molecule has 2 N–H and O–H groups in total. The average Bonchev–Trinajstić information content (AvgIpc) is 2.37. The number of hydrogen-bond acceptors (Lipinski definition) is 4. The van der Waals surface area contributed by atoms with Gasteiger partial charge in [-0.2, -0.15) is 0 Å².